The number of rotatable bonds is 3. The predicted octanol–water partition coefficient (Wildman–Crippen LogP) is 4.69. The molecule has 0 aliphatic rings. The minimum atomic E-state index is -0.511. The normalized spacial score (nSPS) is 11.3. The van der Waals surface area contributed by atoms with Crippen LogP contribution < -0.4 is 5.73 Å². The lowest BCUT2D eigenvalue weighted by molar-refractivity contribution is 0.100. The third-order valence-corrected chi connectivity index (χ3v) is 5.03. The van der Waals surface area contributed by atoms with Crippen LogP contribution in [0.4, 0.5) is 4.39 Å². The van der Waals surface area contributed by atoms with Crippen molar-refractivity contribution in [1.29, 1.82) is 0 Å². The van der Waals surface area contributed by atoms with Crippen molar-refractivity contribution >= 4 is 50.3 Å². The van der Waals surface area contributed by atoms with E-state index in [0.29, 0.717) is 28.4 Å². The van der Waals surface area contributed by atoms with Crippen LogP contribution in [0, 0.1) is 9.39 Å². The number of benzene rings is 3. The number of nitrogens with two attached hydrogens (primary N) is 1. The largest absolute Gasteiger partial charge is 0.366 e. The van der Waals surface area contributed by atoms with Gasteiger partial charge in [0.1, 0.15) is 5.82 Å². The van der Waals surface area contributed by atoms with Crippen LogP contribution in [0.25, 0.3) is 21.8 Å². The van der Waals surface area contributed by atoms with Crippen molar-refractivity contribution < 1.29 is 9.18 Å². The lowest BCUT2D eigenvalue weighted by Crippen LogP contribution is -2.11. The van der Waals surface area contributed by atoms with Crippen LogP contribution >= 0.6 is 22.6 Å². The van der Waals surface area contributed by atoms with E-state index in [-0.39, 0.29) is 5.82 Å². The minimum absolute atomic E-state index is 0.310. The van der Waals surface area contributed by atoms with Crippen LogP contribution in [0.5, 0.6) is 0 Å². The zero-order valence-electron chi connectivity index (χ0n) is 13.2. The average Bonchev–Trinajstić information content (AvgIpc) is 2.90. The molecule has 0 spiro atoms. The van der Waals surface area contributed by atoms with Crippen LogP contribution in [0.1, 0.15) is 15.9 Å². The Kier molecular flexibility index (Phi) is 3.95. The van der Waals surface area contributed by atoms with Crippen molar-refractivity contribution in [1.82, 2.24) is 4.57 Å². The lowest BCUT2D eigenvalue weighted by atomic mass is 10.1. The van der Waals surface area contributed by atoms with Gasteiger partial charge in [-0.05, 0) is 58.5 Å². The molecule has 1 amide bonds. The van der Waals surface area contributed by atoms with Crippen LogP contribution in [-0.2, 0) is 6.54 Å². The molecule has 0 aliphatic heterocycles. The first-order valence-corrected chi connectivity index (χ1v) is 8.88. The topological polar surface area (TPSA) is 48.0 Å². The Labute approximate surface area is 157 Å². The van der Waals surface area contributed by atoms with Gasteiger partial charge in [-0.2, -0.15) is 0 Å². The van der Waals surface area contributed by atoms with Gasteiger partial charge >= 0.3 is 0 Å². The van der Waals surface area contributed by atoms with Crippen molar-refractivity contribution in [2.75, 3.05) is 0 Å². The molecule has 2 N–H and O–H groups in total. The number of carbonyl (C=O) groups is 1. The predicted molar refractivity (Wildman–Crippen MR) is 106 cm³/mol. The van der Waals surface area contributed by atoms with Crippen LogP contribution in [0.3, 0.4) is 0 Å². The van der Waals surface area contributed by atoms with Gasteiger partial charge in [0, 0.05) is 26.5 Å². The summed E-state index contributed by atoms with van der Waals surface area (Å²) in [6, 6.07) is 18.4. The molecule has 25 heavy (non-hydrogen) atoms. The van der Waals surface area contributed by atoms with Gasteiger partial charge in [0.2, 0.25) is 5.91 Å². The van der Waals surface area contributed by atoms with E-state index >= 15 is 0 Å². The molecule has 0 fully saturated rings. The molecule has 5 heteroatoms. The number of fused-ring (bicyclic) bond motifs is 3. The summed E-state index contributed by atoms with van der Waals surface area (Å²) in [5.41, 5.74) is 8.32. The van der Waals surface area contributed by atoms with Crippen molar-refractivity contribution in [2.24, 2.45) is 5.73 Å². The quantitative estimate of drug-likeness (QED) is 0.459. The molecule has 0 radical (unpaired) electrons. The standard InChI is InChI=1S/C20H14FIN2O/c21-16-8-2-6-14-18-15(20(23)25)7-3-9-17(18)24(19(14)16)11-12-4-1-5-13(22)10-12/h1-10H,11H2,(H2,23,25). The molecule has 1 aromatic heterocycles. The van der Waals surface area contributed by atoms with Gasteiger partial charge in [-0.3, -0.25) is 4.79 Å². The van der Waals surface area contributed by atoms with Crippen molar-refractivity contribution in [3.8, 4) is 0 Å². The third-order valence-electron chi connectivity index (χ3n) is 4.35. The van der Waals surface area contributed by atoms with E-state index in [1.165, 1.54) is 6.07 Å². The summed E-state index contributed by atoms with van der Waals surface area (Å²) in [5, 5.41) is 1.41. The molecule has 0 saturated carbocycles. The van der Waals surface area contributed by atoms with Gasteiger partial charge in [-0.15, -0.1) is 0 Å². The Morgan fingerprint density at radius 3 is 2.60 bits per heavy atom. The highest BCUT2D eigenvalue weighted by Gasteiger charge is 2.18. The lowest BCUT2D eigenvalue weighted by Gasteiger charge is -2.09. The first-order valence-electron chi connectivity index (χ1n) is 7.80. The zero-order valence-corrected chi connectivity index (χ0v) is 15.3. The molecule has 3 aromatic carbocycles. The van der Waals surface area contributed by atoms with E-state index in [2.05, 4.69) is 28.7 Å². The summed E-state index contributed by atoms with van der Waals surface area (Å²) in [4.78, 5) is 11.9. The maximum Gasteiger partial charge on any atom is 0.249 e. The van der Waals surface area contributed by atoms with Gasteiger partial charge in [-0.25, -0.2) is 4.39 Å². The van der Waals surface area contributed by atoms with Crippen LogP contribution in [-0.4, -0.2) is 10.5 Å². The molecule has 4 rings (SSSR count). The SMILES string of the molecule is NC(=O)c1cccc2c1c1cccc(F)c1n2Cc1cccc(I)c1. The smallest absolute Gasteiger partial charge is 0.249 e. The fourth-order valence-electron chi connectivity index (χ4n) is 3.35. The minimum Gasteiger partial charge on any atom is -0.366 e. The average molecular weight is 444 g/mol. The second kappa shape index (κ2) is 6.15. The summed E-state index contributed by atoms with van der Waals surface area (Å²) in [6.07, 6.45) is 0. The fraction of sp³-hybridized carbons (Fsp3) is 0.0500. The highest BCUT2D eigenvalue weighted by Crippen LogP contribution is 2.33. The van der Waals surface area contributed by atoms with Gasteiger partial charge < -0.3 is 10.3 Å². The Hall–Kier alpha value is -2.41. The molecule has 0 unspecified atom stereocenters. The summed E-state index contributed by atoms with van der Waals surface area (Å²) in [6.45, 7) is 0.514. The van der Waals surface area contributed by atoms with E-state index in [1.54, 1.807) is 18.2 Å². The highest BCUT2D eigenvalue weighted by atomic mass is 127. The van der Waals surface area contributed by atoms with E-state index in [0.717, 1.165) is 14.7 Å². The number of aromatic nitrogens is 1. The molecular formula is C20H14FIN2O. The fourth-order valence-corrected chi connectivity index (χ4v) is 3.96. The molecule has 0 aliphatic carbocycles. The molecule has 3 nitrogen and oxygen atoms in total. The maximum absolute atomic E-state index is 14.7. The van der Waals surface area contributed by atoms with E-state index in [1.807, 2.05) is 34.9 Å². The molecular weight excluding hydrogens is 430 g/mol. The van der Waals surface area contributed by atoms with Crippen LogP contribution in [0.15, 0.2) is 60.7 Å². The molecule has 4 aromatic rings. The number of halogens is 2. The number of para-hydroxylation sites is 1. The monoisotopic (exact) mass is 444 g/mol. The highest BCUT2D eigenvalue weighted by molar-refractivity contribution is 14.1. The second-order valence-corrected chi connectivity index (χ2v) is 7.16. The van der Waals surface area contributed by atoms with Gasteiger partial charge in [-0.1, -0.05) is 30.3 Å². The summed E-state index contributed by atoms with van der Waals surface area (Å²) < 4.78 is 17.7. The van der Waals surface area contributed by atoms with Crippen molar-refractivity contribution in [3.63, 3.8) is 0 Å². The summed E-state index contributed by atoms with van der Waals surface area (Å²) >= 11 is 2.26. The first kappa shape index (κ1) is 16.1. The van der Waals surface area contributed by atoms with Crippen molar-refractivity contribution in [2.45, 2.75) is 6.54 Å². The third kappa shape index (κ3) is 2.68. The number of carbonyl (C=O) groups excluding carboxylic acids is 1. The van der Waals surface area contributed by atoms with Gasteiger partial charge in [0.15, 0.2) is 0 Å². The number of amides is 1. The molecule has 1 heterocycles. The van der Waals surface area contributed by atoms with E-state index < -0.39 is 5.91 Å². The number of primary amides is 1. The van der Waals surface area contributed by atoms with Crippen molar-refractivity contribution in [3.05, 3.63) is 81.2 Å². The zero-order chi connectivity index (χ0) is 17.6. The maximum atomic E-state index is 14.7. The Morgan fingerprint density at radius 2 is 1.84 bits per heavy atom. The van der Waals surface area contributed by atoms with Gasteiger partial charge in [0.25, 0.3) is 0 Å². The first-order chi connectivity index (χ1) is 12.1. The number of nitrogens with zero attached hydrogens (tertiary/aromatic N) is 1. The number of hydrogen-bond donors (Lipinski definition) is 1. The molecule has 0 bridgehead atoms. The molecule has 0 saturated heterocycles. The molecule has 0 atom stereocenters. The Morgan fingerprint density at radius 1 is 1.08 bits per heavy atom. The van der Waals surface area contributed by atoms with E-state index in [9.17, 15) is 9.18 Å². The summed E-state index contributed by atoms with van der Waals surface area (Å²) in [7, 11) is 0. The molecule has 124 valence electrons. The summed E-state index contributed by atoms with van der Waals surface area (Å²) in [5.74, 6) is -0.821. The second-order valence-electron chi connectivity index (χ2n) is 5.92. The Bertz CT molecular complexity index is 1130. The van der Waals surface area contributed by atoms with E-state index in [4.69, 9.17) is 5.73 Å². The van der Waals surface area contributed by atoms with Crippen LogP contribution in [0.2, 0.25) is 0 Å². The van der Waals surface area contributed by atoms with Gasteiger partial charge in [0.05, 0.1) is 11.0 Å². The Balaban J connectivity index is 2.08. The number of hydrogen-bond acceptors (Lipinski definition) is 1.